The molecule has 0 heterocycles. The first-order valence-electron chi connectivity index (χ1n) is 5.49. The van der Waals surface area contributed by atoms with Gasteiger partial charge in [0, 0.05) is 11.3 Å². The Balaban J connectivity index is 2.08. The van der Waals surface area contributed by atoms with Crippen molar-refractivity contribution in [1.82, 2.24) is 0 Å². The summed E-state index contributed by atoms with van der Waals surface area (Å²) in [5, 5.41) is 20.6. The third-order valence-corrected chi connectivity index (χ3v) is 2.50. The van der Waals surface area contributed by atoms with Crippen molar-refractivity contribution in [3.63, 3.8) is 0 Å². The monoisotopic (exact) mass is 241 g/mol. The Bertz CT molecular complexity index is 526. The van der Waals surface area contributed by atoms with Crippen molar-refractivity contribution in [2.24, 2.45) is 0 Å². The Hall–Kier alpha value is -2.11. The van der Waals surface area contributed by atoms with Gasteiger partial charge in [0.15, 0.2) is 0 Å². The second-order valence-electron chi connectivity index (χ2n) is 3.82. The SMILES string of the molecule is O=C(Nc1ccc(B(O)O)cc1)c1ccccc1. The summed E-state index contributed by atoms with van der Waals surface area (Å²) in [6.07, 6.45) is 0. The van der Waals surface area contributed by atoms with Gasteiger partial charge in [-0.3, -0.25) is 4.79 Å². The Kier molecular flexibility index (Phi) is 3.77. The lowest BCUT2D eigenvalue weighted by molar-refractivity contribution is 0.102. The molecule has 0 saturated heterocycles. The maximum Gasteiger partial charge on any atom is 0.488 e. The Morgan fingerprint density at radius 3 is 2.11 bits per heavy atom. The van der Waals surface area contributed by atoms with Crippen LogP contribution in [0.3, 0.4) is 0 Å². The Morgan fingerprint density at radius 2 is 1.56 bits per heavy atom. The van der Waals surface area contributed by atoms with Crippen LogP contribution in [-0.4, -0.2) is 23.1 Å². The maximum absolute atomic E-state index is 11.8. The standard InChI is InChI=1S/C13H12BNO3/c16-13(10-4-2-1-3-5-10)15-12-8-6-11(7-9-12)14(17)18/h1-9,17-18H,(H,15,16). The van der Waals surface area contributed by atoms with Crippen molar-refractivity contribution in [3.05, 3.63) is 60.2 Å². The number of anilines is 1. The van der Waals surface area contributed by atoms with Gasteiger partial charge in [-0.25, -0.2) is 0 Å². The predicted octanol–water partition coefficient (Wildman–Crippen LogP) is 0.619. The summed E-state index contributed by atoms with van der Waals surface area (Å²) in [7, 11) is -1.50. The molecule has 2 rings (SSSR count). The molecule has 0 bridgehead atoms. The summed E-state index contributed by atoms with van der Waals surface area (Å²) < 4.78 is 0. The lowest BCUT2D eigenvalue weighted by Gasteiger charge is -2.06. The fourth-order valence-electron chi connectivity index (χ4n) is 1.53. The fourth-order valence-corrected chi connectivity index (χ4v) is 1.53. The Labute approximate surface area is 105 Å². The van der Waals surface area contributed by atoms with E-state index in [4.69, 9.17) is 10.0 Å². The van der Waals surface area contributed by atoms with Gasteiger partial charge < -0.3 is 15.4 Å². The van der Waals surface area contributed by atoms with Crippen molar-refractivity contribution in [3.8, 4) is 0 Å². The van der Waals surface area contributed by atoms with Crippen LogP contribution in [0.25, 0.3) is 0 Å². The van der Waals surface area contributed by atoms with Crippen molar-refractivity contribution < 1.29 is 14.8 Å². The minimum absolute atomic E-state index is 0.201. The zero-order chi connectivity index (χ0) is 13.0. The van der Waals surface area contributed by atoms with Gasteiger partial charge in [0.25, 0.3) is 5.91 Å². The second kappa shape index (κ2) is 5.49. The van der Waals surface area contributed by atoms with E-state index >= 15 is 0 Å². The van der Waals surface area contributed by atoms with Gasteiger partial charge in [0.2, 0.25) is 0 Å². The molecule has 0 aliphatic rings. The highest BCUT2D eigenvalue weighted by Crippen LogP contribution is 2.07. The fraction of sp³-hybridized carbons (Fsp3) is 0. The van der Waals surface area contributed by atoms with Crippen molar-refractivity contribution in [2.75, 3.05) is 5.32 Å². The number of hydrogen-bond donors (Lipinski definition) is 3. The average Bonchev–Trinajstić information content (AvgIpc) is 2.40. The molecule has 4 nitrogen and oxygen atoms in total. The van der Waals surface area contributed by atoms with Crippen LogP contribution in [0, 0.1) is 0 Å². The normalized spacial score (nSPS) is 9.89. The number of carbonyl (C=O) groups is 1. The number of carbonyl (C=O) groups excluding carboxylic acids is 1. The van der Waals surface area contributed by atoms with E-state index in [2.05, 4.69) is 5.32 Å². The first-order valence-corrected chi connectivity index (χ1v) is 5.49. The van der Waals surface area contributed by atoms with Crippen molar-refractivity contribution in [2.45, 2.75) is 0 Å². The largest absolute Gasteiger partial charge is 0.488 e. The van der Waals surface area contributed by atoms with Crippen LogP contribution in [0.5, 0.6) is 0 Å². The van der Waals surface area contributed by atoms with Crippen LogP contribution in [0.15, 0.2) is 54.6 Å². The molecule has 0 saturated carbocycles. The topological polar surface area (TPSA) is 69.6 Å². The average molecular weight is 241 g/mol. The highest BCUT2D eigenvalue weighted by Gasteiger charge is 2.10. The number of benzene rings is 2. The molecule has 0 fully saturated rings. The molecule has 5 heteroatoms. The molecule has 18 heavy (non-hydrogen) atoms. The minimum atomic E-state index is -1.50. The van der Waals surface area contributed by atoms with Crippen LogP contribution in [0.2, 0.25) is 0 Å². The summed E-state index contributed by atoms with van der Waals surface area (Å²) in [4.78, 5) is 11.8. The van der Waals surface area contributed by atoms with Gasteiger partial charge >= 0.3 is 7.12 Å². The molecule has 90 valence electrons. The highest BCUT2D eigenvalue weighted by molar-refractivity contribution is 6.58. The van der Waals surface area contributed by atoms with Gasteiger partial charge in [-0.15, -0.1) is 0 Å². The number of rotatable bonds is 3. The second-order valence-corrected chi connectivity index (χ2v) is 3.82. The first kappa shape index (κ1) is 12.4. The molecule has 0 aromatic heterocycles. The molecule has 2 aromatic rings. The number of hydrogen-bond acceptors (Lipinski definition) is 3. The third-order valence-electron chi connectivity index (χ3n) is 2.50. The van der Waals surface area contributed by atoms with E-state index in [1.165, 1.54) is 0 Å². The van der Waals surface area contributed by atoms with Crippen molar-refractivity contribution in [1.29, 1.82) is 0 Å². The van der Waals surface area contributed by atoms with E-state index in [1.807, 2.05) is 6.07 Å². The Morgan fingerprint density at radius 1 is 0.944 bits per heavy atom. The molecule has 0 atom stereocenters. The molecule has 0 radical (unpaired) electrons. The molecule has 1 amide bonds. The van der Waals surface area contributed by atoms with E-state index in [-0.39, 0.29) is 5.91 Å². The van der Waals surface area contributed by atoms with E-state index < -0.39 is 7.12 Å². The van der Waals surface area contributed by atoms with E-state index in [1.54, 1.807) is 48.5 Å². The lowest BCUT2D eigenvalue weighted by atomic mass is 9.80. The number of nitrogens with one attached hydrogen (secondary N) is 1. The minimum Gasteiger partial charge on any atom is -0.423 e. The third kappa shape index (κ3) is 2.97. The molecular weight excluding hydrogens is 229 g/mol. The molecule has 0 aliphatic carbocycles. The molecule has 2 aromatic carbocycles. The lowest BCUT2D eigenvalue weighted by Crippen LogP contribution is -2.29. The first-order chi connectivity index (χ1) is 8.66. The molecule has 3 N–H and O–H groups in total. The smallest absolute Gasteiger partial charge is 0.423 e. The summed E-state index contributed by atoms with van der Waals surface area (Å²) in [5.41, 5.74) is 1.56. The van der Waals surface area contributed by atoms with Crippen LogP contribution in [-0.2, 0) is 0 Å². The quantitative estimate of drug-likeness (QED) is 0.690. The van der Waals surface area contributed by atoms with Crippen LogP contribution in [0.1, 0.15) is 10.4 Å². The van der Waals surface area contributed by atoms with E-state index in [0.717, 1.165) is 0 Å². The predicted molar refractivity (Wildman–Crippen MR) is 70.7 cm³/mol. The van der Waals surface area contributed by atoms with Gasteiger partial charge in [0.05, 0.1) is 0 Å². The summed E-state index contributed by atoms with van der Waals surface area (Å²) in [5.74, 6) is -0.201. The molecule has 0 aliphatic heterocycles. The van der Waals surface area contributed by atoms with Crippen molar-refractivity contribution >= 4 is 24.2 Å². The van der Waals surface area contributed by atoms with Gasteiger partial charge in [-0.2, -0.15) is 0 Å². The van der Waals surface area contributed by atoms with Crippen LogP contribution in [0.4, 0.5) is 5.69 Å². The molecule has 0 spiro atoms. The van der Waals surface area contributed by atoms with Crippen LogP contribution >= 0.6 is 0 Å². The van der Waals surface area contributed by atoms with E-state index in [9.17, 15) is 4.79 Å². The molecular formula is C13H12BNO3. The van der Waals surface area contributed by atoms with E-state index in [0.29, 0.717) is 16.7 Å². The highest BCUT2D eigenvalue weighted by atomic mass is 16.4. The number of amides is 1. The van der Waals surface area contributed by atoms with Gasteiger partial charge in [-0.1, -0.05) is 30.3 Å². The zero-order valence-corrected chi connectivity index (χ0v) is 9.58. The summed E-state index contributed by atoms with van der Waals surface area (Å²) in [6, 6.07) is 15.2. The van der Waals surface area contributed by atoms with Crippen LogP contribution < -0.4 is 10.8 Å². The maximum atomic E-state index is 11.8. The zero-order valence-electron chi connectivity index (χ0n) is 9.58. The summed E-state index contributed by atoms with van der Waals surface area (Å²) in [6.45, 7) is 0. The summed E-state index contributed by atoms with van der Waals surface area (Å²) >= 11 is 0. The van der Waals surface area contributed by atoms with Gasteiger partial charge in [0.1, 0.15) is 0 Å². The molecule has 0 unspecified atom stereocenters. The van der Waals surface area contributed by atoms with Gasteiger partial charge in [-0.05, 0) is 29.7 Å².